The number of hydrogen-bond acceptors (Lipinski definition) is 3. The van der Waals surface area contributed by atoms with Gasteiger partial charge < -0.3 is 4.90 Å². The number of carbonyl (C=O) groups is 1. The van der Waals surface area contributed by atoms with E-state index in [9.17, 15) is 13.2 Å². The summed E-state index contributed by atoms with van der Waals surface area (Å²) in [6, 6.07) is 6.03. The molecule has 1 aliphatic heterocycles. The second-order valence-corrected chi connectivity index (χ2v) is 8.21. The van der Waals surface area contributed by atoms with Gasteiger partial charge in [0.25, 0.3) is 5.91 Å². The molecule has 0 aromatic heterocycles. The summed E-state index contributed by atoms with van der Waals surface area (Å²) in [5, 5.41) is 0. The van der Waals surface area contributed by atoms with E-state index in [4.69, 9.17) is 0 Å². The molecule has 1 aliphatic rings. The highest BCUT2D eigenvalue weighted by Crippen LogP contribution is 2.23. The zero-order valence-electron chi connectivity index (χ0n) is 14.1. The number of likely N-dealkylation sites (tertiary alicyclic amines) is 1. The van der Waals surface area contributed by atoms with Gasteiger partial charge in [-0.1, -0.05) is 13.3 Å². The third-order valence-corrected chi connectivity index (χ3v) is 5.75. The smallest absolute Gasteiger partial charge is 0.253 e. The van der Waals surface area contributed by atoms with Crippen LogP contribution in [0.3, 0.4) is 0 Å². The number of sulfonamides is 1. The fourth-order valence-corrected chi connectivity index (χ4v) is 4.25. The van der Waals surface area contributed by atoms with Crippen molar-refractivity contribution in [3.8, 4) is 0 Å². The molecule has 1 N–H and O–H groups in total. The van der Waals surface area contributed by atoms with Crippen LogP contribution in [-0.2, 0) is 10.0 Å². The van der Waals surface area contributed by atoms with Crippen LogP contribution < -0.4 is 4.72 Å². The van der Waals surface area contributed by atoms with Crippen molar-refractivity contribution < 1.29 is 13.2 Å². The van der Waals surface area contributed by atoms with E-state index in [1.54, 1.807) is 26.0 Å². The highest BCUT2D eigenvalue weighted by molar-refractivity contribution is 7.89. The minimum absolute atomic E-state index is 0.00984. The SMILES string of the molecule is CCCC1CCN(C(=O)c2ccc(S(=O)(=O)NC(C)C)cc2)C1. The van der Waals surface area contributed by atoms with Gasteiger partial charge in [-0.3, -0.25) is 4.79 Å². The van der Waals surface area contributed by atoms with Crippen LogP contribution in [0.1, 0.15) is 50.4 Å². The van der Waals surface area contributed by atoms with Crippen LogP contribution in [0.5, 0.6) is 0 Å². The van der Waals surface area contributed by atoms with Gasteiger partial charge in [-0.05, 0) is 56.9 Å². The topological polar surface area (TPSA) is 66.5 Å². The van der Waals surface area contributed by atoms with Crippen molar-refractivity contribution in [3.05, 3.63) is 29.8 Å². The molecule has 0 bridgehead atoms. The summed E-state index contributed by atoms with van der Waals surface area (Å²) in [4.78, 5) is 14.6. The van der Waals surface area contributed by atoms with Gasteiger partial charge in [0.2, 0.25) is 10.0 Å². The molecule has 0 radical (unpaired) electrons. The number of rotatable bonds is 6. The van der Waals surface area contributed by atoms with Crippen molar-refractivity contribution in [2.24, 2.45) is 5.92 Å². The summed E-state index contributed by atoms with van der Waals surface area (Å²) in [6.07, 6.45) is 3.36. The highest BCUT2D eigenvalue weighted by atomic mass is 32.2. The highest BCUT2D eigenvalue weighted by Gasteiger charge is 2.26. The van der Waals surface area contributed by atoms with Gasteiger partial charge in [0.15, 0.2) is 0 Å². The van der Waals surface area contributed by atoms with E-state index in [2.05, 4.69) is 11.6 Å². The van der Waals surface area contributed by atoms with Gasteiger partial charge in [-0.15, -0.1) is 0 Å². The average Bonchev–Trinajstić information content (AvgIpc) is 2.94. The van der Waals surface area contributed by atoms with Gasteiger partial charge >= 0.3 is 0 Å². The van der Waals surface area contributed by atoms with Crippen LogP contribution in [0.2, 0.25) is 0 Å². The normalized spacial score (nSPS) is 18.6. The molecule has 1 saturated heterocycles. The van der Waals surface area contributed by atoms with Crippen LogP contribution in [-0.4, -0.2) is 38.4 Å². The lowest BCUT2D eigenvalue weighted by molar-refractivity contribution is 0.0786. The average molecular weight is 338 g/mol. The number of nitrogens with one attached hydrogen (secondary N) is 1. The third-order valence-electron chi connectivity index (χ3n) is 4.07. The van der Waals surface area contributed by atoms with Crippen molar-refractivity contribution in [1.29, 1.82) is 0 Å². The fourth-order valence-electron chi connectivity index (χ4n) is 3.00. The monoisotopic (exact) mass is 338 g/mol. The molecule has 5 nitrogen and oxygen atoms in total. The maximum Gasteiger partial charge on any atom is 0.253 e. The van der Waals surface area contributed by atoms with Crippen molar-refractivity contribution >= 4 is 15.9 Å². The third kappa shape index (κ3) is 4.54. The molecule has 1 heterocycles. The van der Waals surface area contributed by atoms with Gasteiger partial charge in [0.1, 0.15) is 0 Å². The Morgan fingerprint density at radius 1 is 1.30 bits per heavy atom. The Morgan fingerprint density at radius 3 is 2.52 bits per heavy atom. The summed E-state index contributed by atoms with van der Waals surface area (Å²) in [7, 11) is -3.51. The number of benzene rings is 1. The molecule has 0 saturated carbocycles. The first-order valence-electron chi connectivity index (χ1n) is 8.25. The number of hydrogen-bond donors (Lipinski definition) is 1. The molecule has 0 spiro atoms. The van der Waals surface area contributed by atoms with E-state index in [0.29, 0.717) is 11.5 Å². The van der Waals surface area contributed by atoms with E-state index < -0.39 is 10.0 Å². The van der Waals surface area contributed by atoms with Gasteiger partial charge in [-0.2, -0.15) is 0 Å². The second kappa shape index (κ2) is 7.45. The molecule has 1 amide bonds. The second-order valence-electron chi connectivity index (χ2n) is 6.49. The Kier molecular flexibility index (Phi) is 5.81. The van der Waals surface area contributed by atoms with Crippen LogP contribution >= 0.6 is 0 Å². The minimum atomic E-state index is -3.51. The van der Waals surface area contributed by atoms with Crippen LogP contribution in [0.25, 0.3) is 0 Å². The van der Waals surface area contributed by atoms with E-state index in [-0.39, 0.29) is 16.8 Å². The van der Waals surface area contributed by atoms with E-state index in [1.165, 1.54) is 12.1 Å². The lowest BCUT2D eigenvalue weighted by Crippen LogP contribution is -2.30. The molecule has 2 rings (SSSR count). The molecule has 1 fully saturated rings. The number of nitrogens with zero attached hydrogens (tertiary/aromatic N) is 1. The Bertz CT molecular complexity index is 638. The maximum atomic E-state index is 12.5. The largest absolute Gasteiger partial charge is 0.338 e. The minimum Gasteiger partial charge on any atom is -0.338 e. The van der Waals surface area contributed by atoms with Crippen molar-refractivity contribution in [3.63, 3.8) is 0 Å². The molecule has 128 valence electrons. The molecule has 0 aliphatic carbocycles. The van der Waals surface area contributed by atoms with Crippen LogP contribution in [0.4, 0.5) is 0 Å². The molecule has 1 atom stereocenters. The summed E-state index contributed by atoms with van der Waals surface area (Å²) >= 11 is 0. The number of amides is 1. The summed E-state index contributed by atoms with van der Waals surface area (Å²) in [6.45, 7) is 7.31. The molecule has 1 unspecified atom stereocenters. The van der Waals surface area contributed by atoms with Crippen molar-refractivity contribution in [2.45, 2.75) is 51.0 Å². The van der Waals surface area contributed by atoms with E-state index >= 15 is 0 Å². The Balaban J connectivity index is 2.06. The molecular weight excluding hydrogens is 312 g/mol. The maximum absolute atomic E-state index is 12.5. The summed E-state index contributed by atoms with van der Waals surface area (Å²) < 4.78 is 26.7. The number of carbonyl (C=O) groups excluding carboxylic acids is 1. The van der Waals surface area contributed by atoms with Gasteiger partial charge in [-0.25, -0.2) is 13.1 Å². The van der Waals surface area contributed by atoms with E-state index in [0.717, 1.165) is 32.4 Å². The summed E-state index contributed by atoms with van der Waals surface area (Å²) in [5.41, 5.74) is 0.547. The Hall–Kier alpha value is -1.40. The molecule has 1 aromatic carbocycles. The summed E-state index contributed by atoms with van der Waals surface area (Å²) in [5.74, 6) is 0.586. The molecule has 23 heavy (non-hydrogen) atoms. The van der Waals surface area contributed by atoms with E-state index in [1.807, 2.05) is 4.90 Å². The first-order valence-corrected chi connectivity index (χ1v) is 9.73. The fraction of sp³-hybridized carbons (Fsp3) is 0.588. The zero-order valence-corrected chi connectivity index (χ0v) is 14.9. The lowest BCUT2D eigenvalue weighted by atomic mass is 10.0. The first-order chi connectivity index (χ1) is 10.8. The molecular formula is C17H26N2O3S. The zero-order chi connectivity index (χ0) is 17.0. The molecule has 1 aromatic rings. The molecule has 6 heteroatoms. The quantitative estimate of drug-likeness (QED) is 0.867. The van der Waals surface area contributed by atoms with Crippen LogP contribution in [0.15, 0.2) is 29.2 Å². The standard InChI is InChI=1S/C17H26N2O3S/c1-4-5-14-10-11-19(12-14)17(20)15-6-8-16(9-7-15)23(21,22)18-13(2)3/h6-9,13-14,18H,4-5,10-12H2,1-3H3. The Morgan fingerprint density at radius 2 is 1.96 bits per heavy atom. The Labute approximate surface area is 139 Å². The lowest BCUT2D eigenvalue weighted by Gasteiger charge is -2.17. The van der Waals surface area contributed by atoms with Gasteiger partial charge in [0.05, 0.1) is 4.90 Å². The predicted octanol–water partition coefficient (Wildman–Crippen LogP) is 2.64. The van der Waals surface area contributed by atoms with Gasteiger partial charge in [0, 0.05) is 24.7 Å². The first kappa shape index (κ1) is 17.9. The van der Waals surface area contributed by atoms with Crippen LogP contribution in [0, 0.1) is 5.92 Å². The van der Waals surface area contributed by atoms with Crippen molar-refractivity contribution in [1.82, 2.24) is 9.62 Å². The van der Waals surface area contributed by atoms with Crippen molar-refractivity contribution in [2.75, 3.05) is 13.1 Å². The predicted molar refractivity (Wildman–Crippen MR) is 90.8 cm³/mol.